The van der Waals surface area contributed by atoms with Gasteiger partial charge in [-0.1, -0.05) is 105 Å². The Balaban J connectivity index is 2.01. The molecule has 2 unspecified atom stereocenters. The number of para-hydroxylation sites is 1. The van der Waals surface area contributed by atoms with E-state index in [1.807, 2.05) is 69.3 Å². The average molecular weight is 868 g/mol. The van der Waals surface area contributed by atoms with E-state index in [4.69, 9.17) is 6.64 Å². The molecule has 2 rings (SSSR count). The van der Waals surface area contributed by atoms with Crippen LogP contribution in [0.4, 0.5) is 0 Å². The van der Waals surface area contributed by atoms with Crippen molar-refractivity contribution in [1.29, 1.82) is 0 Å². The van der Waals surface area contributed by atoms with E-state index in [0.717, 1.165) is 50.4 Å². The zero-order valence-corrected chi connectivity index (χ0v) is 41.5. The third kappa shape index (κ3) is 23.5. The van der Waals surface area contributed by atoms with Gasteiger partial charge in [0, 0.05) is 0 Å². The van der Waals surface area contributed by atoms with Gasteiger partial charge in [0.05, 0.1) is 0 Å². The number of rotatable bonds is 39. The molecule has 60 heavy (non-hydrogen) atoms. The van der Waals surface area contributed by atoms with Gasteiger partial charge in [0.2, 0.25) is 0 Å². The predicted molar refractivity (Wildman–Crippen MR) is 250 cm³/mol. The quantitative estimate of drug-likeness (QED) is 0.0380. The number of hydrogen-bond donors (Lipinski definition) is 0. The van der Waals surface area contributed by atoms with Crippen LogP contribution in [0.3, 0.4) is 0 Å². The first-order chi connectivity index (χ1) is 28.9. The Hall–Kier alpha value is -1.95. The summed E-state index contributed by atoms with van der Waals surface area (Å²) in [6.07, 6.45) is 32.7. The van der Waals surface area contributed by atoms with E-state index < -0.39 is 33.1 Å². The monoisotopic (exact) mass is 868 g/mol. The Morgan fingerprint density at radius 1 is 0.483 bits per heavy atom. The molecule has 0 spiro atoms. The van der Waals surface area contributed by atoms with Gasteiger partial charge >= 0.3 is 260 Å². The third-order valence-electron chi connectivity index (χ3n) is 12.5. The number of unbranched alkanes of at least 4 members (excludes halogenated alkanes) is 22. The first kappa shape index (κ1) is 54.2. The van der Waals surface area contributed by atoms with Crippen molar-refractivity contribution in [2.75, 3.05) is 0 Å². The Morgan fingerprint density at radius 3 is 1.13 bits per heavy atom. The number of Topliss-reactive ketones (excluding diaryl/α,β-unsaturated/α-hetero) is 2. The molecule has 0 bridgehead atoms. The maximum absolute atomic E-state index is 14.8. The summed E-state index contributed by atoms with van der Waals surface area (Å²) in [4.78, 5) is 29.0. The molecule has 341 valence electrons. The molecule has 0 N–H and O–H groups in total. The van der Waals surface area contributed by atoms with Crippen LogP contribution < -0.4 is 3.32 Å². The molecule has 0 fully saturated rings. The first-order valence-corrected chi connectivity index (χ1v) is 28.0. The van der Waals surface area contributed by atoms with Crippen LogP contribution in [0, 0.1) is 17.8 Å². The van der Waals surface area contributed by atoms with Gasteiger partial charge in [-0.05, 0) is 11.8 Å². The summed E-state index contributed by atoms with van der Waals surface area (Å²) in [5.41, 5.74) is -0.745. The van der Waals surface area contributed by atoms with E-state index >= 15 is 0 Å². The van der Waals surface area contributed by atoms with Crippen LogP contribution in [0.5, 0.6) is 5.75 Å². The standard InChI is InChI=1S/C45H79O3.C6H6O.C3H7.O.Ti/c1-39(2)33-27-22-18-14-10-6-8-12-16-20-24-31-37-42(46)44(45(5,48)41-35-29-26-30-36-41)43(47)38-32-25-21-17-13-9-7-11-15-19-23-28-34-40(3)4;7-6-4-2-1-3-5-6;1-3-2;;/h26,29-30,35-36,39-40,44H,6-25,27-28,31-34,37-38H2,1-5H3;1-5,7H;3H,1-2H3;;/q-1;;;;+2/p-1. The van der Waals surface area contributed by atoms with Gasteiger partial charge < -0.3 is 0 Å². The van der Waals surface area contributed by atoms with Gasteiger partial charge in [-0.3, -0.25) is 0 Å². The Bertz CT molecular complexity index is 1360. The normalized spacial score (nSPS) is 13.9. The molecule has 0 aliphatic rings. The van der Waals surface area contributed by atoms with Crippen LogP contribution in [-0.4, -0.2) is 11.6 Å². The van der Waals surface area contributed by atoms with Crippen molar-refractivity contribution < 1.29 is 36.9 Å². The van der Waals surface area contributed by atoms with E-state index in [0.29, 0.717) is 24.2 Å². The zero-order valence-electron chi connectivity index (χ0n) is 39.9. The maximum atomic E-state index is 14.8. The van der Waals surface area contributed by atoms with Crippen molar-refractivity contribution in [1.82, 2.24) is 0 Å². The Morgan fingerprint density at radius 2 is 0.800 bits per heavy atom. The fourth-order valence-electron chi connectivity index (χ4n) is 8.58. The molecule has 0 heterocycles. The van der Waals surface area contributed by atoms with Crippen LogP contribution >= 0.6 is 0 Å². The molecule has 0 saturated heterocycles. The second-order valence-corrected chi connectivity index (χ2v) is 23.8. The molecule has 0 saturated carbocycles. The molecule has 0 aliphatic carbocycles. The van der Waals surface area contributed by atoms with E-state index in [2.05, 4.69) is 27.7 Å². The average Bonchev–Trinajstić information content (AvgIpc) is 3.21. The molecule has 0 radical (unpaired) electrons. The molecule has 0 amide bonds. The fraction of sp³-hybridized carbons (Fsp3) is 0.741. The van der Waals surface area contributed by atoms with Gasteiger partial charge in [0.1, 0.15) is 0 Å². The van der Waals surface area contributed by atoms with Gasteiger partial charge in [-0.2, -0.15) is 0 Å². The summed E-state index contributed by atoms with van der Waals surface area (Å²) in [6, 6.07) is 18.7. The summed E-state index contributed by atoms with van der Waals surface area (Å²) in [5, 5.41) is 0. The molecule has 5 nitrogen and oxygen atoms in total. The van der Waals surface area contributed by atoms with Crippen molar-refractivity contribution in [3.05, 3.63) is 66.2 Å². The van der Waals surface area contributed by atoms with Crippen LogP contribution in [0.1, 0.15) is 234 Å². The zero-order chi connectivity index (χ0) is 43.9. The molecule has 2 aromatic rings. The van der Waals surface area contributed by atoms with Crippen molar-refractivity contribution in [3.8, 4) is 5.75 Å². The van der Waals surface area contributed by atoms with Gasteiger partial charge in [0.25, 0.3) is 0 Å². The summed E-state index contributed by atoms with van der Waals surface area (Å²) < 4.78 is 27.5. The molecule has 0 aromatic heterocycles. The summed E-state index contributed by atoms with van der Waals surface area (Å²) >= 11 is -4.91. The van der Waals surface area contributed by atoms with Crippen molar-refractivity contribution in [3.63, 3.8) is 0 Å². The minimum atomic E-state index is -4.91. The number of ketones is 2. The van der Waals surface area contributed by atoms with Gasteiger partial charge in [-0.25, -0.2) is 0 Å². The second-order valence-electron chi connectivity index (χ2n) is 19.5. The van der Waals surface area contributed by atoms with E-state index in [1.165, 1.54) is 128 Å². The predicted octanol–water partition coefficient (Wildman–Crippen LogP) is 17.1. The van der Waals surface area contributed by atoms with Crippen LogP contribution in [0.2, 0.25) is 4.22 Å². The second kappa shape index (κ2) is 32.7. The topological polar surface area (TPSA) is 69.7 Å². The Kier molecular flexibility index (Phi) is 29.5. The SMILES string of the molecule is CC(C)CCCCCCCCCCCCCCC(=O)C(C(=O)CCCCCCCCCCCCCCC(C)C)C(C)([O][Ti](=[O])([O]c1ccccc1)[CH](C)C)c1ccccc1. The number of hydrogen-bond acceptors (Lipinski definition) is 5. The van der Waals surface area contributed by atoms with Crippen LogP contribution in [-0.2, 0) is 39.2 Å². The molecular formula is C54H91O5Ti. The summed E-state index contributed by atoms with van der Waals surface area (Å²) in [7, 11) is 0. The van der Waals surface area contributed by atoms with Crippen LogP contribution in [0.15, 0.2) is 60.7 Å². The molecule has 6 heteroatoms. The summed E-state index contributed by atoms with van der Waals surface area (Å²) in [5.74, 6) is 0.841. The molecular weight excluding hydrogens is 776 g/mol. The number of benzene rings is 2. The van der Waals surface area contributed by atoms with Crippen molar-refractivity contribution >= 4 is 11.6 Å². The molecule has 2 atom stereocenters. The Labute approximate surface area is 374 Å². The minimum absolute atomic E-state index is 0.104. The first-order valence-electron chi connectivity index (χ1n) is 25.1. The van der Waals surface area contributed by atoms with Gasteiger partial charge in [0.15, 0.2) is 0 Å². The van der Waals surface area contributed by atoms with Crippen LogP contribution in [0.25, 0.3) is 0 Å². The van der Waals surface area contributed by atoms with E-state index in [-0.39, 0.29) is 11.6 Å². The number of carbonyl (C=O) groups excluding carboxylic acids is 2. The molecule has 0 aliphatic heterocycles. The van der Waals surface area contributed by atoms with Crippen molar-refractivity contribution in [2.45, 2.75) is 238 Å². The number of carbonyl (C=O) groups is 2. The van der Waals surface area contributed by atoms with E-state index in [1.54, 1.807) is 12.1 Å². The third-order valence-corrected chi connectivity index (χ3v) is 16.6. The van der Waals surface area contributed by atoms with Crippen molar-refractivity contribution in [2.24, 2.45) is 17.8 Å². The van der Waals surface area contributed by atoms with Gasteiger partial charge in [-0.15, -0.1) is 0 Å². The summed E-state index contributed by atoms with van der Waals surface area (Å²) in [6.45, 7) is 14.8. The fourth-order valence-corrected chi connectivity index (χ4v) is 11.4. The molecule has 2 aromatic carbocycles. The van der Waals surface area contributed by atoms with E-state index in [9.17, 15) is 12.9 Å².